The first kappa shape index (κ1) is 21.3. The van der Waals surface area contributed by atoms with E-state index >= 15 is 0 Å². The Bertz CT molecular complexity index is 1050. The molecule has 1 saturated heterocycles. The van der Waals surface area contributed by atoms with E-state index in [1.807, 2.05) is 54.6 Å². The molecule has 1 aliphatic rings. The molecule has 0 unspecified atom stereocenters. The molecule has 1 aliphatic heterocycles. The zero-order chi connectivity index (χ0) is 21.3. The SMILES string of the molecule is CS(=O)(=O)[C@@H](c1cccnc1)C1CN(C(c2ccc(Cl)cc2)c2ccc(Cl)cc2)C1. The first-order valence-electron chi connectivity index (χ1n) is 9.66. The number of sulfone groups is 1. The lowest BCUT2D eigenvalue weighted by molar-refractivity contribution is 0.0655. The minimum absolute atomic E-state index is 0.00453. The maximum atomic E-state index is 12.6. The normalized spacial score (nSPS) is 16.4. The third-order valence-corrected chi connectivity index (χ3v) is 7.66. The van der Waals surface area contributed by atoms with Gasteiger partial charge < -0.3 is 0 Å². The number of benzene rings is 2. The van der Waals surface area contributed by atoms with Crippen LogP contribution >= 0.6 is 23.2 Å². The predicted molar refractivity (Wildman–Crippen MR) is 122 cm³/mol. The number of likely N-dealkylation sites (tertiary alicyclic amines) is 1. The van der Waals surface area contributed by atoms with E-state index in [1.54, 1.807) is 18.5 Å². The molecule has 0 N–H and O–H groups in total. The molecule has 7 heteroatoms. The van der Waals surface area contributed by atoms with Crippen molar-refractivity contribution < 1.29 is 8.42 Å². The van der Waals surface area contributed by atoms with Gasteiger partial charge in [0.15, 0.2) is 9.84 Å². The number of rotatable bonds is 6. The molecule has 4 rings (SSSR count). The van der Waals surface area contributed by atoms with Crippen LogP contribution in [0.2, 0.25) is 10.0 Å². The second kappa shape index (κ2) is 8.67. The summed E-state index contributed by atoms with van der Waals surface area (Å²) in [4.78, 5) is 6.42. The number of nitrogens with zero attached hydrogens (tertiary/aromatic N) is 2. The van der Waals surface area contributed by atoms with Gasteiger partial charge in [-0.2, -0.15) is 0 Å². The Labute approximate surface area is 187 Å². The number of hydrogen-bond donors (Lipinski definition) is 0. The van der Waals surface area contributed by atoms with E-state index < -0.39 is 15.1 Å². The number of aromatic nitrogens is 1. The molecule has 1 aromatic heterocycles. The molecule has 0 bridgehead atoms. The van der Waals surface area contributed by atoms with Crippen molar-refractivity contribution >= 4 is 33.0 Å². The molecular formula is C23H22Cl2N2O2S. The second-order valence-corrected chi connectivity index (χ2v) is 10.8. The van der Waals surface area contributed by atoms with Crippen molar-refractivity contribution in [3.05, 3.63) is 99.8 Å². The average molecular weight is 461 g/mol. The van der Waals surface area contributed by atoms with Crippen LogP contribution < -0.4 is 0 Å². The van der Waals surface area contributed by atoms with Gasteiger partial charge in [-0.05, 0) is 47.0 Å². The van der Waals surface area contributed by atoms with Gasteiger partial charge >= 0.3 is 0 Å². The van der Waals surface area contributed by atoms with Gasteiger partial charge in [-0.1, -0.05) is 53.5 Å². The summed E-state index contributed by atoms with van der Waals surface area (Å²) in [6.07, 6.45) is 4.63. The first-order chi connectivity index (χ1) is 14.3. The highest BCUT2D eigenvalue weighted by atomic mass is 35.5. The number of pyridine rings is 1. The largest absolute Gasteiger partial charge is 0.292 e. The summed E-state index contributed by atoms with van der Waals surface area (Å²) in [5.74, 6) is 0.00583. The Morgan fingerprint density at radius 2 is 1.43 bits per heavy atom. The van der Waals surface area contributed by atoms with Crippen LogP contribution in [0.25, 0.3) is 0 Å². The van der Waals surface area contributed by atoms with E-state index in [4.69, 9.17) is 23.2 Å². The summed E-state index contributed by atoms with van der Waals surface area (Å²) < 4.78 is 25.2. The zero-order valence-corrected chi connectivity index (χ0v) is 18.8. The zero-order valence-electron chi connectivity index (χ0n) is 16.4. The summed E-state index contributed by atoms with van der Waals surface area (Å²) >= 11 is 12.2. The molecule has 156 valence electrons. The Kier molecular flexibility index (Phi) is 6.16. The Morgan fingerprint density at radius 1 is 0.900 bits per heavy atom. The van der Waals surface area contributed by atoms with Gasteiger partial charge in [-0.3, -0.25) is 9.88 Å². The third-order valence-electron chi connectivity index (χ3n) is 5.58. The second-order valence-electron chi connectivity index (χ2n) is 7.76. The molecule has 2 heterocycles. The van der Waals surface area contributed by atoms with Gasteiger partial charge in [0.1, 0.15) is 0 Å². The van der Waals surface area contributed by atoms with Crippen LogP contribution in [0.1, 0.15) is 28.0 Å². The summed E-state index contributed by atoms with van der Waals surface area (Å²) in [5.41, 5.74) is 2.97. The highest BCUT2D eigenvalue weighted by Gasteiger charge is 2.42. The predicted octanol–water partition coefficient (Wildman–Crippen LogP) is 5.20. The molecule has 4 nitrogen and oxygen atoms in total. The summed E-state index contributed by atoms with van der Waals surface area (Å²) in [6.45, 7) is 1.34. The van der Waals surface area contributed by atoms with E-state index in [0.717, 1.165) is 16.7 Å². The van der Waals surface area contributed by atoms with Crippen molar-refractivity contribution in [2.45, 2.75) is 11.3 Å². The smallest absolute Gasteiger partial charge is 0.154 e. The van der Waals surface area contributed by atoms with Crippen LogP contribution in [0.15, 0.2) is 73.1 Å². The quantitative estimate of drug-likeness (QED) is 0.507. The monoisotopic (exact) mass is 460 g/mol. The molecule has 1 fully saturated rings. The van der Waals surface area contributed by atoms with Crippen molar-refractivity contribution in [2.24, 2.45) is 5.92 Å². The summed E-state index contributed by atoms with van der Waals surface area (Å²) in [6, 6.07) is 19.2. The fourth-order valence-electron chi connectivity index (χ4n) is 4.27. The molecule has 30 heavy (non-hydrogen) atoms. The van der Waals surface area contributed by atoms with E-state index in [1.165, 1.54) is 6.26 Å². The lowest BCUT2D eigenvalue weighted by atomic mass is 9.87. The molecule has 3 aromatic rings. The Hall–Kier alpha value is -1.92. The van der Waals surface area contributed by atoms with E-state index in [9.17, 15) is 8.42 Å². The third kappa shape index (κ3) is 4.54. The van der Waals surface area contributed by atoms with Crippen molar-refractivity contribution in [2.75, 3.05) is 19.3 Å². The maximum Gasteiger partial charge on any atom is 0.154 e. The van der Waals surface area contributed by atoms with Crippen molar-refractivity contribution in [3.63, 3.8) is 0 Å². The van der Waals surface area contributed by atoms with Gasteiger partial charge in [0.25, 0.3) is 0 Å². The Morgan fingerprint density at radius 3 is 1.87 bits per heavy atom. The van der Waals surface area contributed by atoms with E-state index in [0.29, 0.717) is 23.1 Å². The number of hydrogen-bond acceptors (Lipinski definition) is 4. The van der Waals surface area contributed by atoms with Crippen LogP contribution in [0.3, 0.4) is 0 Å². The molecule has 0 amide bonds. The maximum absolute atomic E-state index is 12.6. The molecule has 2 aromatic carbocycles. The molecule has 0 spiro atoms. The van der Waals surface area contributed by atoms with Crippen LogP contribution in [0, 0.1) is 5.92 Å². The Balaban J connectivity index is 1.62. The highest BCUT2D eigenvalue weighted by Crippen LogP contribution is 2.41. The number of halogens is 2. The van der Waals surface area contributed by atoms with Crippen LogP contribution in [0.5, 0.6) is 0 Å². The van der Waals surface area contributed by atoms with Gasteiger partial charge in [0.05, 0.1) is 11.3 Å². The minimum Gasteiger partial charge on any atom is -0.292 e. The lowest BCUT2D eigenvalue weighted by Gasteiger charge is -2.47. The van der Waals surface area contributed by atoms with Crippen LogP contribution in [-0.2, 0) is 9.84 Å². The van der Waals surface area contributed by atoms with Gasteiger partial charge in [0.2, 0.25) is 0 Å². The van der Waals surface area contributed by atoms with Crippen molar-refractivity contribution in [1.82, 2.24) is 9.88 Å². The first-order valence-corrected chi connectivity index (χ1v) is 12.4. The van der Waals surface area contributed by atoms with Gasteiger partial charge in [0, 0.05) is 47.7 Å². The van der Waals surface area contributed by atoms with Crippen molar-refractivity contribution in [1.29, 1.82) is 0 Å². The van der Waals surface area contributed by atoms with Crippen LogP contribution in [0.4, 0.5) is 0 Å². The molecule has 0 saturated carbocycles. The highest BCUT2D eigenvalue weighted by molar-refractivity contribution is 7.90. The molecule has 1 atom stereocenters. The fraction of sp³-hybridized carbons (Fsp3) is 0.261. The lowest BCUT2D eigenvalue weighted by Crippen LogP contribution is -2.52. The topological polar surface area (TPSA) is 50.3 Å². The minimum atomic E-state index is -3.27. The fourth-order valence-corrected chi connectivity index (χ4v) is 6.03. The van der Waals surface area contributed by atoms with Crippen molar-refractivity contribution in [3.8, 4) is 0 Å². The standard InChI is InChI=1S/C23H22Cl2N2O2S/c1-30(28,29)23(18-3-2-12-26-13-18)19-14-27(15-19)22(16-4-8-20(24)9-5-16)17-6-10-21(25)11-7-17/h2-13,19,22-23H,14-15H2,1H3/t23-/m0/s1. The molecule has 0 aliphatic carbocycles. The molecular weight excluding hydrogens is 439 g/mol. The van der Waals surface area contributed by atoms with Gasteiger partial charge in [-0.15, -0.1) is 0 Å². The molecule has 0 radical (unpaired) electrons. The van der Waals surface area contributed by atoms with E-state index in [2.05, 4.69) is 9.88 Å². The average Bonchev–Trinajstić information content (AvgIpc) is 2.68. The van der Waals surface area contributed by atoms with Gasteiger partial charge in [-0.25, -0.2) is 8.42 Å². The van der Waals surface area contributed by atoms with Crippen LogP contribution in [-0.4, -0.2) is 37.6 Å². The van der Waals surface area contributed by atoms with E-state index in [-0.39, 0.29) is 12.0 Å². The summed E-state index contributed by atoms with van der Waals surface area (Å²) in [5, 5.41) is 0.811. The summed E-state index contributed by atoms with van der Waals surface area (Å²) in [7, 11) is -3.27.